The van der Waals surface area contributed by atoms with E-state index in [0.29, 0.717) is 41.9 Å². The van der Waals surface area contributed by atoms with Crippen molar-refractivity contribution in [3.8, 4) is 0 Å². The van der Waals surface area contributed by atoms with E-state index >= 15 is 0 Å². The van der Waals surface area contributed by atoms with Crippen molar-refractivity contribution >= 4 is 11.7 Å². The van der Waals surface area contributed by atoms with Crippen LogP contribution >= 0.6 is 0 Å². The lowest BCUT2D eigenvalue weighted by Crippen LogP contribution is -2.58. The summed E-state index contributed by atoms with van der Waals surface area (Å²) >= 11 is 0. The largest absolute Gasteiger partial charge is 0.388 e. The van der Waals surface area contributed by atoms with Crippen molar-refractivity contribution in [1.29, 1.82) is 0 Å². The summed E-state index contributed by atoms with van der Waals surface area (Å²) in [7, 11) is 0. The van der Waals surface area contributed by atoms with Gasteiger partial charge in [0.15, 0.2) is 0 Å². The minimum absolute atomic E-state index is 0.0549. The number of amides is 1. The van der Waals surface area contributed by atoms with Gasteiger partial charge in [-0.2, -0.15) is 0 Å². The maximum Gasteiger partial charge on any atom is 0.225 e. The van der Waals surface area contributed by atoms with Crippen LogP contribution in [0.4, 0.5) is 0 Å². The van der Waals surface area contributed by atoms with E-state index in [1.165, 1.54) is 25.7 Å². The summed E-state index contributed by atoms with van der Waals surface area (Å²) in [5, 5.41) is 11.9. The zero-order valence-electron chi connectivity index (χ0n) is 22.1. The van der Waals surface area contributed by atoms with E-state index in [0.717, 1.165) is 77.2 Å². The number of nitrogens with zero attached hydrogens (tertiary/aromatic N) is 1. The number of carbonyl (C=O) groups excluding carboxylic acids is 2. The highest BCUT2D eigenvalue weighted by molar-refractivity contribution is 5.87. The van der Waals surface area contributed by atoms with Crippen LogP contribution in [0.1, 0.15) is 117 Å². The van der Waals surface area contributed by atoms with Crippen molar-refractivity contribution in [3.05, 3.63) is 0 Å². The van der Waals surface area contributed by atoms with E-state index < -0.39 is 5.60 Å². The lowest BCUT2D eigenvalue weighted by atomic mass is 9.44. The maximum atomic E-state index is 13.2. The lowest BCUT2D eigenvalue weighted by Gasteiger charge is -2.61. The Morgan fingerprint density at radius 3 is 2.50 bits per heavy atom. The predicted molar refractivity (Wildman–Crippen MR) is 135 cm³/mol. The van der Waals surface area contributed by atoms with Crippen LogP contribution in [0.3, 0.4) is 0 Å². The Morgan fingerprint density at radius 2 is 1.79 bits per heavy atom. The van der Waals surface area contributed by atoms with E-state index in [9.17, 15) is 14.7 Å². The van der Waals surface area contributed by atoms with Gasteiger partial charge in [0, 0.05) is 30.8 Å². The SMILES string of the molecule is CCCCCN(C[C@@]1(O)CC[C@@]2(C)C(CC[C@@H]3[C@@H]2CC[C@]2(C)C(=O)CC[C@@H]32)C1)C(=O)C1CCC1. The average molecular weight is 472 g/mol. The van der Waals surface area contributed by atoms with Gasteiger partial charge in [0.25, 0.3) is 0 Å². The minimum Gasteiger partial charge on any atom is -0.388 e. The van der Waals surface area contributed by atoms with E-state index in [2.05, 4.69) is 25.7 Å². The number of Topliss-reactive ketones (excluding diaryl/α,β-unsaturated/α-hetero) is 1. The Bertz CT molecular complexity index is 792. The molecule has 0 aromatic carbocycles. The fourth-order valence-corrected chi connectivity index (χ4v) is 9.33. The molecule has 0 aromatic rings. The smallest absolute Gasteiger partial charge is 0.225 e. The Hall–Kier alpha value is -0.900. The molecule has 4 heteroatoms. The van der Waals surface area contributed by atoms with Gasteiger partial charge in [0.2, 0.25) is 5.91 Å². The highest BCUT2D eigenvalue weighted by Crippen LogP contribution is 2.66. The molecule has 4 nitrogen and oxygen atoms in total. The molecular weight excluding hydrogens is 422 g/mol. The van der Waals surface area contributed by atoms with E-state index in [1.54, 1.807) is 0 Å². The van der Waals surface area contributed by atoms with Crippen molar-refractivity contribution < 1.29 is 14.7 Å². The number of unbranched alkanes of at least 4 members (excludes halogenated alkanes) is 2. The van der Waals surface area contributed by atoms with Crippen molar-refractivity contribution in [2.75, 3.05) is 13.1 Å². The Kier molecular flexibility index (Phi) is 6.70. The standard InChI is InChI=1S/C30H49NO3/c1-4-5-6-18-31(27(33)21-8-7-9-21)20-30(34)17-16-28(2)22(19-30)10-11-23-24-12-13-26(32)29(24,3)15-14-25(23)28/h21-25,34H,4-20H2,1-3H3/t22?,23-,24-,25-,28-,29-,30+/m0/s1. The van der Waals surface area contributed by atoms with Crippen molar-refractivity contribution in [2.24, 2.45) is 40.4 Å². The zero-order chi connectivity index (χ0) is 24.1. The summed E-state index contributed by atoms with van der Waals surface area (Å²) in [6, 6.07) is 0. The van der Waals surface area contributed by atoms with E-state index in [-0.39, 0.29) is 16.7 Å². The molecule has 192 valence electrons. The van der Waals surface area contributed by atoms with Gasteiger partial charge in [-0.05, 0) is 99.7 Å². The Labute approximate surface area is 207 Å². The van der Waals surface area contributed by atoms with Crippen molar-refractivity contribution in [2.45, 2.75) is 123 Å². The first kappa shape index (κ1) is 24.8. The molecule has 5 rings (SSSR count). The summed E-state index contributed by atoms with van der Waals surface area (Å²) in [5.41, 5.74) is -0.497. The third kappa shape index (κ3) is 4.08. The Balaban J connectivity index is 1.28. The van der Waals surface area contributed by atoms with Crippen molar-refractivity contribution in [1.82, 2.24) is 4.90 Å². The number of rotatable bonds is 7. The fourth-order valence-electron chi connectivity index (χ4n) is 9.33. The fraction of sp³-hybridized carbons (Fsp3) is 0.933. The first-order valence-corrected chi connectivity index (χ1v) is 14.7. The topological polar surface area (TPSA) is 57.6 Å². The first-order chi connectivity index (χ1) is 16.2. The zero-order valence-corrected chi connectivity index (χ0v) is 22.1. The predicted octanol–water partition coefficient (Wildman–Crippen LogP) is 6.15. The summed E-state index contributed by atoms with van der Waals surface area (Å²) in [6.45, 7) is 8.35. The van der Waals surface area contributed by atoms with Gasteiger partial charge < -0.3 is 10.0 Å². The summed E-state index contributed by atoms with van der Waals surface area (Å²) in [5.74, 6) is 3.59. The second-order valence-corrected chi connectivity index (χ2v) is 13.6. The molecule has 0 saturated heterocycles. The van der Waals surface area contributed by atoms with Gasteiger partial charge in [0.05, 0.1) is 5.60 Å². The molecule has 0 aliphatic heterocycles. The lowest BCUT2D eigenvalue weighted by molar-refractivity contribution is -0.163. The number of aliphatic hydroxyl groups is 1. The van der Waals surface area contributed by atoms with Gasteiger partial charge in [-0.15, -0.1) is 0 Å². The highest BCUT2D eigenvalue weighted by atomic mass is 16.3. The molecule has 5 aliphatic rings. The van der Waals surface area contributed by atoms with Crippen LogP contribution in [0.15, 0.2) is 0 Å². The molecule has 1 unspecified atom stereocenters. The van der Waals surface area contributed by atoms with E-state index in [1.807, 2.05) is 0 Å². The number of carbonyl (C=O) groups is 2. The molecular formula is C30H49NO3. The molecule has 0 aromatic heterocycles. The highest BCUT2D eigenvalue weighted by Gasteiger charge is 2.61. The van der Waals surface area contributed by atoms with E-state index in [4.69, 9.17) is 0 Å². The number of hydrogen-bond acceptors (Lipinski definition) is 3. The van der Waals surface area contributed by atoms with Gasteiger partial charge in [-0.3, -0.25) is 9.59 Å². The second-order valence-electron chi connectivity index (χ2n) is 13.6. The number of fused-ring (bicyclic) bond motifs is 5. The van der Waals surface area contributed by atoms with Gasteiger partial charge >= 0.3 is 0 Å². The molecule has 7 atom stereocenters. The van der Waals surface area contributed by atoms with Gasteiger partial charge in [-0.25, -0.2) is 0 Å². The molecule has 1 amide bonds. The summed E-state index contributed by atoms with van der Waals surface area (Å²) < 4.78 is 0. The van der Waals surface area contributed by atoms with Gasteiger partial charge in [-0.1, -0.05) is 40.0 Å². The third-order valence-electron chi connectivity index (χ3n) is 11.8. The average Bonchev–Trinajstić information content (AvgIpc) is 3.07. The molecule has 0 radical (unpaired) electrons. The minimum atomic E-state index is -0.727. The monoisotopic (exact) mass is 471 g/mol. The van der Waals surface area contributed by atoms with Crippen LogP contribution in [0.2, 0.25) is 0 Å². The molecule has 5 fully saturated rings. The van der Waals surface area contributed by atoms with Crippen molar-refractivity contribution in [3.63, 3.8) is 0 Å². The summed E-state index contributed by atoms with van der Waals surface area (Å²) in [4.78, 5) is 28.0. The number of ketones is 1. The molecule has 0 bridgehead atoms. The second kappa shape index (κ2) is 9.20. The maximum absolute atomic E-state index is 13.2. The van der Waals surface area contributed by atoms with Crippen LogP contribution in [-0.4, -0.2) is 40.4 Å². The molecule has 1 N–H and O–H groups in total. The normalized spacial score (nSPS) is 44.1. The molecule has 34 heavy (non-hydrogen) atoms. The summed E-state index contributed by atoms with van der Waals surface area (Å²) in [6.07, 6.45) is 16.0. The van der Waals surface area contributed by atoms with Gasteiger partial charge in [0.1, 0.15) is 5.78 Å². The quantitative estimate of drug-likeness (QED) is 0.453. The van der Waals surface area contributed by atoms with Crippen LogP contribution in [-0.2, 0) is 9.59 Å². The molecule has 5 aliphatic carbocycles. The van der Waals surface area contributed by atoms with Crippen LogP contribution in [0.5, 0.6) is 0 Å². The number of hydrogen-bond donors (Lipinski definition) is 1. The molecule has 0 spiro atoms. The van der Waals surface area contributed by atoms with Crippen LogP contribution in [0.25, 0.3) is 0 Å². The Morgan fingerprint density at radius 1 is 1.00 bits per heavy atom. The first-order valence-electron chi connectivity index (χ1n) is 14.7. The van der Waals surface area contributed by atoms with Crippen LogP contribution < -0.4 is 0 Å². The molecule has 0 heterocycles. The third-order valence-corrected chi connectivity index (χ3v) is 11.8. The molecule has 5 saturated carbocycles. The van der Waals surface area contributed by atoms with Crippen LogP contribution in [0, 0.1) is 40.4 Å².